The molecule has 0 spiro atoms. The number of aryl methyl sites for hydroxylation is 1. The summed E-state index contributed by atoms with van der Waals surface area (Å²) in [4.78, 5) is 25.3. The van der Waals surface area contributed by atoms with Crippen molar-refractivity contribution < 1.29 is 9.59 Å². The lowest BCUT2D eigenvalue weighted by atomic mass is 10.1. The lowest BCUT2D eigenvalue weighted by molar-refractivity contribution is -0.118. The van der Waals surface area contributed by atoms with Gasteiger partial charge in [0.2, 0.25) is 11.8 Å². The minimum Gasteiger partial charge on any atom is -0.350 e. The third-order valence-electron chi connectivity index (χ3n) is 3.70. The van der Waals surface area contributed by atoms with E-state index in [1.165, 1.54) is 11.8 Å². The summed E-state index contributed by atoms with van der Waals surface area (Å²) < 4.78 is 0. The van der Waals surface area contributed by atoms with Crippen molar-refractivity contribution in [3.8, 4) is 0 Å². The second-order valence-corrected chi connectivity index (χ2v) is 7.56. The Bertz CT molecular complexity index is 686. The number of para-hydroxylation sites is 1. The van der Waals surface area contributed by atoms with Crippen LogP contribution in [0.4, 0.5) is 5.69 Å². The zero-order valence-electron chi connectivity index (χ0n) is 12.6. The fourth-order valence-corrected chi connectivity index (χ4v) is 4.07. The number of fused-ring (bicyclic) bond motifs is 1. The molecule has 0 bridgehead atoms. The van der Waals surface area contributed by atoms with Crippen LogP contribution in [0.2, 0.25) is 0 Å². The summed E-state index contributed by atoms with van der Waals surface area (Å²) in [5, 5.41) is 7.66. The van der Waals surface area contributed by atoms with E-state index in [9.17, 15) is 9.59 Å². The molecule has 2 N–H and O–H groups in total. The van der Waals surface area contributed by atoms with Crippen molar-refractivity contribution in [2.75, 3.05) is 11.1 Å². The highest BCUT2D eigenvalue weighted by molar-refractivity contribution is 8.01. The number of thioether (sulfide) groups is 1. The molecule has 2 aromatic rings. The van der Waals surface area contributed by atoms with Gasteiger partial charge in [0.15, 0.2) is 0 Å². The number of hydrogen-bond donors (Lipinski definition) is 2. The molecule has 4 nitrogen and oxygen atoms in total. The molecule has 0 aliphatic carbocycles. The molecule has 3 rings (SSSR count). The van der Waals surface area contributed by atoms with Crippen molar-refractivity contribution in [3.05, 3.63) is 52.2 Å². The number of anilines is 1. The molecule has 0 saturated heterocycles. The zero-order valence-corrected chi connectivity index (χ0v) is 14.2. The summed E-state index contributed by atoms with van der Waals surface area (Å²) >= 11 is 3.04. The number of benzene rings is 1. The van der Waals surface area contributed by atoms with E-state index in [-0.39, 0.29) is 17.1 Å². The molecule has 1 aliphatic rings. The molecule has 1 aromatic carbocycles. The van der Waals surface area contributed by atoms with Crippen LogP contribution in [-0.4, -0.2) is 22.8 Å². The van der Waals surface area contributed by atoms with Crippen molar-refractivity contribution in [1.29, 1.82) is 0 Å². The summed E-state index contributed by atoms with van der Waals surface area (Å²) in [6.07, 6.45) is 1.61. The predicted octanol–water partition coefficient (Wildman–Crippen LogP) is 3.05. The van der Waals surface area contributed by atoms with Crippen molar-refractivity contribution in [2.24, 2.45) is 0 Å². The zero-order chi connectivity index (χ0) is 16.1. The lowest BCUT2D eigenvalue weighted by Crippen LogP contribution is -2.28. The number of hydrogen-bond acceptors (Lipinski definition) is 4. The third kappa shape index (κ3) is 4.36. The molecule has 2 heterocycles. The molecule has 2 amide bonds. The highest BCUT2D eigenvalue weighted by Crippen LogP contribution is 2.26. The van der Waals surface area contributed by atoms with Gasteiger partial charge in [0.05, 0.1) is 17.5 Å². The Balaban J connectivity index is 1.48. The molecule has 1 aromatic heterocycles. The Morgan fingerprint density at radius 3 is 3.00 bits per heavy atom. The van der Waals surface area contributed by atoms with E-state index in [0.29, 0.717) is 12.3 Å². The summed E-state index contributed by atoms with van der Waals surface area (Å²) in [7, 11) is 0. The molecule has 6 heteroatoms. The second kappa shape index (κ2) is 7.66. The van der Waals surface area contributed by atoms with Gasteiger partial charge in [-0.05, 0) is 35.9 Å². The average Bonchev–Trinajstić information content (AvgIpc) is 3.02. The van der Waals surface area contributed by atoms with Crippen molar-refractivity contribution in [3.63, 3.8) is 0 Å². The molecule has 0 saturated carbocycles. The Hall–Kier alpha value is -1.79. The first-order chi connectivity index (χ1) is 11.2. The fraction of sp³-hybridized carbons (Fsp3) is 0.294. The normalized spacial score (nSPS) is 17.0. The molecule has 0 unspecified atom stereocenters. The van der Waals surface area contributed by atoms with Gasteiger partial charge >= 0.3 is 0 Å². The van der Waals surface area contributed by atoms with Crippen LogP contribution in [0.3, 0.4) is 0 Å². The SMILES string of the molecule is O=C(CS[C@H]1CCc2ccccc2NC1=O)NCc1cccs1. The first-order valence-corrected chi connectivity index (χ1v) is 9.44. The number of rotatable bonds is 5. The van der Waals surface area contributed by atoms with Crippen LogP contribution in [0.25, 0.3) is 0 Å². The second-order valence-electron chi connectivity index (χ2n) is 5.34. The van der Waals surface area contributed by atoms with Gasteiger partial charge in [-0.15, -0.1) is 23.1 Å². The van der Waals surface area contributed by atoms with E-state index in [0.717, 1.165) is 29.0 Å². The number of amides is 2. The maximum atomic E-state index is 12.3. The maximum Gasteiger partial charge on any atom is 0.237 e. The first kappa shape index (κ1) is 16.1. The predicted molar refractivity (Wildman–Crippen MR) is 95.8 cm³/mol. The molecule has 0 fully saturated rings. The van der Waals surface area contributed by atoms with Gasteiger partial charge in [-0.25, -0.2) is 0 Å². The van der Waals surface area contributed by atoms with Gasteiger partial charge in [0.1, 0.15) is 0 Å². The number of thiophene rings is 1. The van der Waals surface area contributed by atoms with E-state index < -0.39 is 0 Å². The van der Waals surface area contributed by atoms with Crippen LogP contribution >= 0.6 is 23.1 Å². The minimum atomic E-state index is -0.185. The Morgan fingerprint density at radius 1 is 1.30 bits per heavy atom. The summed E-state index contributed by atoms with van der Waals surface area (Å²) in [5.74, 6) is 0.267. The van der Waals surface area contributed by atoms with Crippen LogP contribution in [0.1, 0.15) is 16.9 Å². The van der Waals surface area contributed by atoms with E-state index >= 15 is 0 Å². The monoisotopic (exact) mass is 346 g/mol. The van der Waals surface area contributed by atoms with Crippen LogP contribution in [0.5, 0.6) is 0 Å². The van der Waals surface area contributed by atoms with E-state index in [1.807, 2.05) is 41.8 Å². The van der Waals surface area contributed by atoms with Crippen molar-refractivity contribution in [2.45, 2.75) is 24.6 Å². The summed E-state index contributed by atoms with van der Waals surface area (Å²) in [6, 6.07) is 11.8. The first-order valence-electron chi connectivity index (χ1n) is 7.52. The Morgan fingerprint density at radius 2 is 2.17 bits per heavy atom. The fourth-order valence-electron chi connectivity index (χ4n) is 2.48. The number of carbonyl (C=O) groups excluding carboxylic acids is 2. The van der Waals surface area contributed by atoms with Gasteiger partial charge in [-0.2, -0.15) is 0 Å². The largest absolute Gasteiger partial charge is 0.350 e. The Labute approximate surface area is 143 Å². The summed E-state index contributed by atoms with van der Waals surface area (Å²) in [5.41, 5.74) is 2.05. The summed E-state index contributed by atoms with van der Waals surface area (Å²) in [6.45, 7) is 0.555. The van der Waals surface area contributed by atoms with Crippen LogP contribution < -0.4 is 10.6 Å². The van der Waals surface area contributed by atoms with Crippen molar-refractivity contribution in [1.82, 2.24) is 5.32 Å². The smallest absolute Gasteiger partial charge is 0.237 e. The average molecular weight is 346 g/mol. The topological polar surface area (TPSA) is 58.2 Å². The molecular weight excluding hydrogens is 328 g/mol. The molecule has 120 valence electrons. The standard InChI is InChI=1S/C17H18N2O2S2/c20-16(18-10-13-5-3-9-22-13)11-23-15-8-7-12-4-1-2-6-14(12)19-17(15)21/h1-6,9,15H,7-8,10-11H2,(H,18,20)(H,19,21)/t15-/m0/s1. The van der Waals surface area contributed by atoms with E-state index in [4.69, 9.17) is 0 Å². The minimum absolute atomic E-state index is 0.00833. The molecule has 0 radical (unpaired) electrons. The number of nitrogens with one attached hydrogen (secondary N) is 2. The third-order valence-corrected chi connectivity index (χ3v) is 5.86. The van der Waals surface area contributed by atoms with Gasteiger partial charge in [-0.3, -0.25) is 9.59 Å². The molecular formula is C17H18N2O2S2. The Kier molecular flexibility index (Phi) is 5.35. The molecule has 1 aliphatic heterocycles. The van der Waals surface area contributed by atoms with E-state index in [1.54, 1.807) is 11.3 Å². The van der Waals surface area contributed by atoms with Gasteiger partial charge < -0.3 is 10.6 Å². The highest BCUT2D eigenvalue weighted by Gasteiger charge is 2.24. The van der Waals surface area contributed by atoms with Gasteiger partial charge in [-0.1, -0.05) is 24.3 Å². The number of carbonyl (C=O) groups is 2. The van der Waals surface area contributed by atoms with Crippen molar-refractivity contribution >= 4 is 40.6 Å². The highest BCUT2D eigenvalue weighted by atomic mass is 32.2. The van der Waals surface area contributed by atoms with E-state index in [2.05, 4.69) is 10.6 Å². The quantitative estimate of drug-likeness (QED) is 0.875. The van der Waals surface area contributed by atoms with Crippen LogP contribution in [-0.2, 0) is 22.6 Å². The van der Waals surface area contributed by atoms with Gasteiger partial charge in [0.25, 0.3) is 0 Å². The molecule has 23 heavy (non-hydrogen) atoms. The van der Waals surface area contributed by atoms with Crippen LogP contribution in [0, 0.1) is 0 Å². The van der Waals surface area contributed by atoms with Gasteiger partial charge in [0, 0.05) is 10.6 Å². The molecule has 1 atom stereocenters. The maximum absolute atomic E-state index is 12.3. The van der Waals surface area contributed by atoms with Crippen LogP contribution in [0.15, 0.2) is 41.8 Å². The lowest BCUT2D eigenvalue weighted by Gasteiger charge is -2.12.